The Balaban J connectivity index is 2.17. The summed E-state index contributed by atoms with van der Waals surface area (Å²) in [5.74, 6) is -0.468. The van der Waals surface area contributed by atoms with Crippen molar-refractivity contribution in [2.45, 2.75) is 12.3 Å². The van der Waals surface area contributed by atoms with Gasteiger partial charge in [-0.25, -0.2) is 8.78 Å². The van der Waals surface area contributed by atoms with Crippen molar-refractivity contribution in [1.29, 1.82) is 0 Å². The molecule has 94 valence electrons. The molecular formula is C15H15F2N. The minimum atomic E-state index is -0.259. The van der Waals surface area contributed by atoms with Crippen molar-refractivity contribution in [2.75, 3.05) is 6.54 Å². The highest BCUT2D eigenvalue weighted by atomic mass is 19.1. The molecule has 3 heteroatoms. The van der Waals surface area contributed by atoms with Gasteiger partial charge in [-0.2, -0.15) is 0 Å². The molecule has 0 fully saturated rings. The first kappa shape index (κ1) is 12.7. The Morgan fingerprint density at radius 1 is 0.944 bits per heavy atom. The Labute approximate surface area is 105 Å². The third kappa shape index (κ3) is 3.14. The van der Waals surface area contributed by atoms with Crippen LogP contribution >= 0.6 is 0 Å². The number of benzene rings is 2. The highest BCUT2D eigenvalue weighted by molar-refractivity contribution is 5.25. The van der Waals surface area contributed by atoms with E-state index < -0.39 is 0 Å². The first-order chi connectivity index (χ1) is 8.69. The predicted octanol–water partition coefficient (Wildman–Crippen LogP) is 3.25. The van der Waals surface area contributed by atoms with E-state index in [-0.39, 0.29) is 17.6 Å². The number of nitrogens with two attached hydrogens (primary N) is 1. The van der Waals surface area contributed by atoms with Gasteiger partial charge in [0, 0.05) is 5.92 Å². The molecule has 0 aliphatic carbocycles. The van der Waals surface area contributed by atoms with Gasteiger partial charge in [0.15, 0.2) is 0 Å². The molecule has 0 aliphatic heterocycles. The van der Waals surface area contributed by atoms with Crippen molar-refractivity contribution in [3.05, 3.63) is 71.3 Å². The van der Waals surface area contributed by atoms with Crippen molar-refractivity contribution in [3.8, 4) is 0 Å². The van der Waals surface area contributed by atoms with E-state index in [2.05, 4.69) is 0 Å². The monoisotopic (exact) mass is 247 g/mol. The maximum atomic E-state index is 13.2. The fourth-order valence-electron chi connectivity index (χ4n) is 2.00. The predicted molar refractivity (Wildman–Crippen MR) is 68.3 cm³/mol. The Hall–Kier alpha value is -1.74. The van der Waals surface area contributed by atoms with Crippen LogP contribution in [0.3, 0.4) is 0 Å². The molecule has 2 rings (SSSR count). The van der Waals surface area contributed by atoms with Crippen molar-refractivity contribution >= 4 is 0 Å². The molecule has 18 heavy (non-hydrogen) atoms. The van der Waals surface area contributed by atoms with E-state index in [1.165, 1.54) is 24.3 Å². The average Bonchev–Trinajstić information content (AvgIpc) is 2.38. The molecule has 2 aromatic carbocycles. The molecule has 0 heterocycles. The molecule has 2 aromatic rings. The minimum absolute atomic E-state index is 0.0474. The number of hydrogen-bond donors (Lipinski definition) is 1. The highest BCUT2D eigenvalue weighted by Gasteiger charge is 2.11. The highest BCUT2D eigenvalue weighted by Crippen LogP contribution is 2.20. The van der Waals surface area contributed by atoms with E-state index in [1.807, 2.05) is 6.07 Å². The van der Waals surface area contributed by atoms with Gasteiger partial charge in [0.25, 0.3) is 0 Å². The molecule has 0 saturated carbocycles. The Bertz CT molecular complexity index is 508. The molecule has 2 N–H and O–H groups in total. The van der Waals surface area contributed by atoms with Gasteiger partial charge in [-0.3, -0.25) is 0 Å². The van der Waals surface area contributed by atoms with Crippen molar-refractivity contribution in [3.63, 3.8) is 0 Å². The maximum absolute atomic E-state index is 13.2. The van der Waals surface area contributed by atoms with E-state index in [9.17, 15) is 8.78 Å². The van der Waals surface area contributed by atoms with E-state index >= 15 is 0 Å². The van der Waals surface area contributed by atoms with Crippen LogP contribution in [-0.4, -0.2) is 6.54 Å². The van der Waals surface area contributed by atoms with Gasteiger partial charge < -0.3 is 5.73 Å². The van der Waals surface area contributed by atoms with E-state index in [1.54, 1.807) is 18.2 Å². The lowest BCUT2D eigenvalue weighted by Crippen LogP contribution is -2.15. The van der Waals surface area contributed by atoms with Gasteiger partial charge in [-0.1, -0.05) is 24.3 Å². The van der Waals surface area contributed by atoms with E-state index in [4.69, 9.17) is 5.73 Å². The van der Waals surface area contributed by atoms with Crippen LogP contribution in [0.4, 0.5) is 8.78 Å². The summed E-state index contributed by atoms with van der Waals surface area (Å²) in [7, 11) is 0. The van der Waals surface area contributed by atoms with Crippen LogP contribution in [0.25, 0.3) is 0 Å². The van der Waals surface area contributed by atoms with Crippen LogP contribution in [-0.2, 0) is 6.42 Å². The number of halogens is 2. The summed E-state index contributed by atoms with van der Waals surface area (Å²) in [6.07, 6.45) is 0.681. The zero-order chi connectivity index (χ0) is 13.0. The lowest BCUT2D eigenvalue weighted by Gasteiger charge is -2.15. The van der Waals surface area contributed by atoms with E-state index in [0.29, 0.717) is 13.0 Å². The standard InChI is InChI=1S/C15H15F2N/c16-14-6-4-11(5-7-14)8-13(10-18)12-2-1-3-15(17)9-12/h1-7,9,13H,8,10,18H2. The Morgan fingerprint density at radius 2 is 1.67 bits per heavy atom. The third-order valence-corrected chi connectivity index (χ3v) is 3.00. The van der Waals surface area contributed by atoms with Crippen molar-refractivity contribution in [2.24, 2.45) is 5.73 Å². The van der Waals surface area contributed by atoms with Gasteiger partial charge in [-0.05, 0) is 48.4 Å². The van der Waals surface area contributed by atoms with Crippen LogP contribution in [0.5, 0.6) is 0 Å². The summed E-state index contributed by atoms with van der Waals surface area (Å²) in [6.45, 7) is 0.431. The third-order valence-electron chi connectivity index (χ3n) is 3.00. The maximum Gasteiger partial charge on any atom is 0.123 e. The second-order valence-electron chi connectivity index (χ2n) is 4.32. The van der Waals surface area contributed by atoms with Gasteiger partial charge >= 0.3 is 0 Å². The molecule has 0 bridgehead atoms. The van der Waals surface area contributed by atoms with Crippen LogP contribution in [0, 0.1) is 11.6 Å². The van der Waals surface area contributed by atoms with Gasteiger partial charge in [0.1, 0.15) is 11.6 Å². The zero-order valence-electron chi connectivity index (χ0n) is 9.94. The quantitative estimate of drug-likeness (QED) is 0.881. The summed E-state index contributed by atoms with van der Waals surface area (Å²) in [5.41, 5.74) is 7.61. The lowest BCUT2D eigenvalue weighted by molar-refractivity contribution is 0.615. The zero-order valence-corrected chi connectivity index (χ0v) is 9.94. The van der Waals surface area contributed by atoms with Crippen LogP contribution in [0.15, 0.2) is 48.5 Å². The molecule has 1 atom stereocenters. The molecule has 0 aromatic heterocycles. The molecule has 0 amide bonds. The van der Waals surface area contributed by atoms with Gasteiger partial charge in [-0.15, -0.1) is 0 Å². The topological polar surface area (TPSA) is 26.0 Å². The van der Waals surface area contributed by atoms with E-state index in [0.717, 1.165) is 11.1 Å². The second kappa shape index (κ2) is 5.74. The summed E-state index contributed by atoms with van der Waals surface area (Å²) >= 11 is 0. The van der Waals surface area contributed by atoms with Crippen LogP contribution < -0.4 is 5.73 Å². The molecule has 1 unspecified atom stereocenters. The average molecular weight is 247 g/mol. The first-order valence-corrected chi connectivity index (χ1v) is 5.89. The smallest absolute Gasteiger partial charge is 0.123 e. The largest absolute Gasteiger partial charge is 0.330 e. The molecular weight excluding hydrogens is 232 g/mol. The molecule has 0 saturated heterocycles. The van der Waals surface area contributed by atoms with Crippen molar-refractivity contribution in [1.82, 2.24) is 0 Å². The van der Waals surface area contributed by atoms with Crippen molar-refractivity contribution < 1.29 is 8.78 Å². The fourth-order valence-corrected chi connectivity index (χ4v) is 2.00. The first-order valence-electron chi connectivity index (χ1n) is 5.89. The minimum Gasteiger partial charge on any atom is -0.330 e. The Kier molecular flexibility index (Phi) is 4.05. The molecule has 0 aliphatic rings. The normalized spacial score (nSPS) is 12.4. The fraction of sp³-hybridized carbons (Fsp3) is 0.200. The summed E-state index contributed by atoms with van der Waals surface area (Å²) in [5, 5.41) is 0. The summed E-state index contributed by atoms with van der Waals surface area (Å²) < 4.78 is 26.0. The number of hydrogen-bond acceptors (Lipinski definition) is 1. The molecule has 0 radical (unpaired) electrons. The van der Waals surface area contributed by atoms with Gasteiger partial charge in [0.2, 0.25) is 0 Å². The number of rotatable bonds is 4. The summed E-state index contributed by atoms with van der Waals surface area (Å²) in [6, 6.07) is 12.8. The lowest BCUT2D eigenvalue weighted by atomic mass is 9.92. The Morgan fingerprint density at radius 3 is 2.28 bits per heavy atom. The van der Waals surface area contributed by atoms with Gasteiger partial charge in [0.05, 0.1) is 0 Å². The molecule has 1 nitrogen and oxygen atoms in total. The SMILES string of the molecule is NCC(Cc1ccc(F)cc1)c1cccc(F)c1. The van der Waals surface area contributed by atoms with Crippen LogP contribution in [0.2, 0.25) is 0 Å². The van der Waals surface area contributed by atoms with Crippen LogP contribution in [0.1, 0.15) is 17.0 Å². The summed E-state index contributed by atoms with van der Waals surface area (Å²) in [4.78, 5) is 0. The second-order valence-corrected chi connectivity index (χ2v) is 4.32. The molecule has 0 spiro atoms.